The van der Waals surface area contributed by atoms with E-state index in [2.05, 4.69) is 87.7 Å². The van der Waals surface area contributed by atoms with Crippen LogP contribution in [0.4, 0.5) is 0 Å². The van der Waals surface area contributed by atoms with Crippen LogP contribution in [-0.4, -0.2) is 57.6 Å². The molecule has 0 fully saturated rings. The summed E-state index contributed by atoms with van der Waals surface area (Å²) < 4.78 is 37.4. The van der Waals surface area contributed by atoms with Gasteiger partial charge in [0.1, 0.15) is 34.5 Å². The molecule has 1 aliphatic rings. The van der Waals surface area contributed by atoms with Crippen LogP contribution < -0.4 is 28.4 Å². The first-order chi connectivity index (χ1) is 29.5. The fourth-order valence-corrected chi connectivity index (χ4v) is 9.53. The lowest BCUT2D eigenvalue weighted by Gasteiger charge is -2.16. The molecular formula is C51H45N3O6. The van der Waals surface area contributed by atoms with Crippen LogP contribution in [0.15, 0.2) is 109 Å². The number of hydrogen-bond donors (Lipinski definition) is 3. The molecule has 60 heavy (non-hydrogen) atoms. The van der Waals surface area contributed by atoms with Crippen LogP contribution in [0.1, 0.15) is 33.8 Å². The zero-order valence-corrected chi connectivity index (χ0v) is 34.5. The van der Waals surface area contributed by atoms with Gasteiger partial charge in [0, 0.05) is 87.9 Å². The predicted octanol–water partition coefficient (Wildman–Crippen LogP) is 11.3. The summed E-state index contributed by atoms with van der Waals surface area (Å²) >= 11 is 0. The maximum Gasteiger partial charge on any atom is 0.132 e. The van der Waals surface area contributed by atoms with Gasteiger partial charge in [-0.15, -0.1) is 0 Å². The molecular weight excluding hydrogens is 751 g/mol. The highest BCUT2D eigenvalue weighted by molar-refractivity contribution is 6.09. The number of benzene rings is 6. The van der Waals surface area contributed by atoms with Gasteiger partial charge in [-0.3, -0.25) is 0 Å². The standard InChI is InChI=1S/C51H45N3O6/c1-55-37-25-40(58-4)46-44(29-18-12-8-13-19-29)35-23-32-38(56-2)27-42(60-6)48-45(30-20-14-9-15-21-30)36(54-51(32)48)24-33-39(57-3)26-41(59-5)47-43(28-16-10-7-11-17-28)34(53-50(33)47)22-31(37)49(46)52-35/h7-21,25-27,52-54H,22-24H2,1-6H3. The molecule has 0 aliphatic carbocycles. The van der Waals surface area contributed by atoms with Crippen molar-refractivity contribution >= 4 is 32.7 Å². The second kappa shape index (κ2) is 14.8. The predicted molar refractivity (Wildman–Crippen MR) is 239 cm³/mol. The Morgan fingerprint density at radius 2 is 0.583 bits per heavy atom. The van der Waals surface area contributed by atoms with Crippen molar-refractivity contribution in [1.82, 2.24) is 15.0 Å². The smallest absolute Gasteiger partial charge is 0.132 e. The summed E-state index contributed by atoms with van der Waals surface area (Å²) in [7, 11) is 10.3. The van der Waals surface area contributed by atoms with Gasteiger partial charge >= 0.3 is 0 Å². The number of nitrogens with one attached hydrogen (secondary N) is 3. The van der Waals surface area contributed by atoms with Crippen molar-refractivity contribution in [3.05, 3.63) is 143 Å². The number of H-pyrrole nitrogens is 3. The molecule has 0 saturated carbocycles. The van der Waals surface area contributed by atoms with E-state index >= 15 is 0 Å². The Kier molecular flexibility index (Phi) is 9.16. The minimum Gasteiger partial charge on any atom is -0.496 e. The van der Waals surface area contributed by atoms with Crippen LogP contribution in [0, 0.1) is 0 Å². The van der Waals surface area contributed by atoms with Gasteiger partial charge in [-0.1, -0.05) is 91.0 Å². The molecule has 10 rings (SSSR count). The number of aromatic amines is 3. The number of ether oxygens (including phenoxy) is 6. The zero-order valence-electron chi connectivity index (χ0n) is 34.5. The van der Waals surface area contributed by atoms with Gasteiger partial charge in [0.05, 0.1) is 75.4 Å². The molecule has 6 bridgehead atoms. The van der Waals surface area contributed by atoms with E-state index in [1.54, 1.807) is 42.7 Å². The van der Waals surface area contributed by atoms with E-state index < -0.39 is 0 Å². The zero-order chi connectivity index (χ0) is 41.1. The van der Waals surface area contributed by atoms with E-state index in [9.17, 15) is 0 Å². The van der Waals surface area contributed by atoms with E-state index in [-0.39, 0.29) is 0 Å². The molecule has 1 aliphatic heterocycles. The maximum atomic E-state index is 6.25. The number of fused-ring (bicyclic) bond motifs is 3. The highest BCUT2D eigenvalue weighted by Gasteiger charge is 2.31. The van der Waals surface area contributed by atoms with Crippen LogP contribution in [0.2, 0.25) is 0 Å². The van der Waals surface area contributed by atoms with E-state index in [0.717, 1.165) is 99.9 Å². The van der Waals surface area contributed by atoms with Crippen molar-refractivity contribution in [2.75, 3.05) is 42.7 Å². The molecule has 6 aromatic carbocycles. The maximum absolute atomic E-state index is 6.25. The Hall–Kier alpha value is -7.26. The quantitative estimate of drug-likeness (QED) is 0.134. The molecule has 3 N–H and O–H groups in total. The van der Waals surface area contributed by atoms with Crippen LogP contribution in [0.25, 0.3) is 66.1 Å². The molecule has 0 unspecified atom stereocenters. The summed E-state index contributed by atoms with van der Waals surface area (Å²) in [5.74, 6) is 4.27. The lowest BCUT2D eigenvalue weighted by atomic mass is 9.92. The minimum atomic E-state index is 0.499. The molecule has 0 saturated heterocycles. The van der Waals surface area contributed by atoms with Crippen LogP contribution in [-0.2, 0) is 19.3 Å². The molecule has 9 heteroatoms. The average molecular weight is 796 g/mol. The molecule has 0 radical (unpaired) electrons. The van der Waals surface area contributed by atoms with Crippen molar-refractivity contribution in [1.29, 1.82) is 0 Å². The summed E-state index contributed by atoms with van der Waals surface area (Å²) in [4.78, 5) is 11.9. The van der Waals surface area contributed by atoms with Crippen molar-refractivity contribution < 1.29 is 28.4 Å². The molecule has 0 atom stereocenters. The third kappa shape index (κ3) is 5.67. The van der Waals surface area contributed by atoms with E-state index in [4.69, 9.17) is 28.4 Å². The second-order valence-electron chi connectivity index (χ2n) is 15.1. The normalized spacial score (nSPS) is 12.3. The minimum absolute atomic E-state index is 0.499. The lowest BCUT2D eigenvalue weighted by Crippen LogP contribution is -1.99. The average Bonchev–Trinajstić information content (AvgIpc) is 3.99. The van der Waals surface area contributed by atoms with E-state index in [1.807, 2.05) is 36.4 Å². The Bertz CT molecular complexity index is 2740. The molecule has 9 nitrogen and oxygen atoms in total. The van der Waals surface area contributed by atoms with Crippen molar-refractivity contribution in [2.45, 2.75) is 19.3 Å². The topological polar surface area (TPSA) is 103 Å². The fraction of sp³-hybridized carbons (Fsp3) is 0.176. The van der Waals surface area contributed by atoms with Gasteiger partial charge in [0.2, 0.25) is 0 Å². The summed E-state index contributed by atoms with van der Waals surface area (Å²) in [6.45, 7) is 0. The van der Waals surface area contributed by atoms with Crippen LogP contribution in [0.5, 0.6) is 34.5 Å². The fourth-order valence-electron chi connectivity index (χ4n) is 9.53. The third-order valence-electron chi connectivity index (χ3n) is 12.1. The Morgan fingerprint density at radius 1 is 0.333 bits per heavy atom. The van der Waals surface area contributed by atoms with Crippen molar-refractivity contribution in [3.8, 4) is 67.9 Å². The van der Waals surface area contributed by atoms with Crippen molar-refractivity contribution in [2.24, 2.45) is 0 Å². The van der Waals surface area contributed by atoms with Gasteiger partial charge < -0.3 is 43.4 Å². The van der Waals surface area contributed by atoms with Crippen LogP contribution in [0.3, 0.4) is 0 Å². The van der Waals surface area contributed by atoms with E-state index in [1.165, 1.54) is 0 Å². The summed E-state index contributed by atoms with van der Waals surface area (Å²) in [6, 6.07) is 37.6. The van der Waals surface area contributed by atoms with Gasteiger partial charge in [-0.25, -0.2) is 0 Å². The highest BCUT2D eigenvalue weighted by Crippen LogP contribution is 2.51. The Labute approximate surface area is 347 Å². The monoisotopic (exact) mass is 795 g/mol. The van der Waals surface area contributed by atoms with Crippen LogP contribution >= 0.6 is 0 Å². The highest BCUT2D eigenvalue weighted by atomic mass is 16.5. The van der Waals surface area contributed by atoms with Crippen molar-refractivity contribution in [3.63, 3.8) is 0 Å². The number of aromatic nitrogens is 3. The number of hydrogen-bond acceptors (Lipinski definition) is 6. The first-order valence-electron chi connectivity index (χ1n) is 20.0. The summed E-state index contributed by atoms with van der Waals surface area (Å²) in [6.07, 6.45) is 1.50. The van der Waals surface area contributed by atoms with Gasteiger partial charge in [-0.2, -0.15) is 0 Å². The molecule has 4 heterocycles. The largest absolute Gasteiger partial charge is 0.496 e. The molecule has 300 valence electrons. The van der Waals surface area contributed by atoms with Gasteiger partial charge in [0.15, 0.2) is 0 Å². The van der Waals surface area contributed by atoms with Gasteiger partial charge in [-0.05, 0) is 16.7 Å². The second-order valence-corrected chi connectivity index (χ2v) is 15.1. The summed E-state index contributed by atoms with van der Waals surface area (Å²) in [5.41, 5.74) is 15.1. The van der Waals surface area contributed by atoms with Gasteiger partial charge in [0.25, 0.3) is 0 Å². The Balaban J connectivity index is 1.43. The SMILES string of the molecule is COc1cc(OC)c2c(-c3ccccc3)c3[nH]c2c1Cc1[nH]c2c(c(OC)cc(OC)c2c1-c1ccccc1)Cc1[nH]c2c(c(OC)cc(OC)c2c1-c1ccccc1)C3. The molecule has 0 spiro atoms. The molecule has 3 aromatic heterocycles. The first kappa shape index (κ1) is 37.0. The summed E-state index contributed by atoms with van der Waals surface area (Å²) in [5, 5.41) is 2.92. The third-order valence-corrected chi connectivity index (χ3v) is 12.1. The molecule has 0 amide bonds. The lowest BCUT2D eigenvalue weighted by molar-refractivity contribution is 0.395. The van der Waals surface area contributed by atoms with E-state index in [0.29, 0.717) is 53.8 Å². The molecule has 9 aromatic rings. The first-order valence-corrected chi connectivity index (χ1v) is 20.0. The Morgan fingerprint density at radius 3 is 0.817 bits per heavy atom. The number of rotatable bonds is 9. The number of methoxy groups -OCH3 is 6.